The molecule has 9 aromatic rings. The third-order valence-corrected chi connectivity index (χ3v) is 12.0. The highest BCUT2D eigenvalue weighted by Crippen LogP contribution is 2.57. The lowest BCUT2D eigenvalue weighted by Crippen LogP contribution is -2.22. The quantitative estimate of drug-likeness (QED) is 0.178. The van der Waals surface area contributed by atoms with Crippen LogP contribution in [0.4, 0.5) is 11.4 Å². The Morgan fingerprint density at radius 3 is 1.73 bits per heavy atom. The molecular formula is C50H32N4S. The first-order valence-corrected chi connectivity index (χ1v) is 19.4. The molecule has 5 heteroatoms. The Balaban J connectivity index is 1.23. The van der Waals surface area contributed by atoms with Crippen LogP contribution in [0.2, 0.25) is 0 Å². The van der Waals surface area contributed by atoms with Crippen molar-refractivity contribution in [3.05, 3.63) is 210 Å². The minimum Gasteiger partial charge on any atom is -0.312 e. The molecule has 7 aromatic carbocycles. The smallest absolute Gasteiger partial charge is 0.0991 e. The summed E-state index contributed by atoms with van der Waals surface area (Å²) in [5.74, 6) is -0.0309. The summed E-state index contributed by atoms with van der Waals surface area (Å²) in [4.78, 5) is 4.72. The lowest BCUT2D eigenvalue weighted by Gasteiger charge is -2.35. The fourth-order valence-corrected chi connectivity index (χ4v) is 9.56. The molecule has 0 fully saturated rings. The number of allylic oxidation sites excluding steroid dienone is 1. The molecule has 1 atom stereocenters. The first-order valence-electron chi connectivity index (χ1n) is 18.5. The van der Waals surface area contributed by atoms with E-state index in [-0.39, 0.29) is 5.92 Å². The Morgan fingerprint density at radius 2 is 1.04 bits per heavy atom. The van der Waals surface area contributed by atoms with E-state index in [1.807, 2.05) is 24.3 Å². The molecule has 2 aromatic heterocycles. The molecule has 0 spiro atoms. The Bertz CT molecular complexity index is 3000. The number of rotatable bonds is 5. The molecule has 258 valence electrons. The number of para-hydroxylation sites is 5. The van der Waals surface area contributed by atoms with Gasteiger partial charge in [0.05, 0.1) is 39.7 Å². The third kappa shape index (κ3) is 4.86. The highest BCUT2D eigenvalue weighted by atomic mass is 32.2. The van der Waals surface area contributed by atoms with Gasteiger partial charge in [-0.25, -0.2) is 0 Å². The predicted octanol–water partition coefficient (Wildman–Crippen LogP) is 12.9. The van der Waals surface area contributed by atoms with E-state index in [2.05, 4.69) is 184 Å². The van der Waals surface area contributed by atoms with Crippen LogP contribution in [0.5, 0.6) is 0 Å². The highest BCUT2D eigenvalue weighted by Gasteiger charge is 2.40. The molecule has 0 amide bonds. The van der Waals surface area contributed by atoms with Gasteiger partial charge >= 0.3 is 0 Å². The van der Waals surface area contributed by atoms with Gasteiger partial charge in [-0.3, -0.25) is 0 Å². The molecule has 11 rings (SSSR count). The van der Waals surface area contributed by atoms with Crippen molar-refractivity contribution in [3.63, 3.8) is 0 Å². The molecule has 1 unspecified atom stereocenters. The minimum atomic E-state index is -0.0309. The van der Waals surface area contributed by atoms with Gasteiger partial charge in [0.2, 0.25) is 0 Å². The van der Waals surface area contributed by atoms with Gasteiger partial charge in [-0.1, -0.05) is 103 Å². The molecular weight excluding hydrogens is 689 g/mol. The number of benzene rings is 7. The molecule has 0 saturated heterocycles. The van der Waals surface area contributed by atoms with E-state index in [1.165, 1.54) is 61.3 Å². The molecule has 0 saturated carbocycles. The SMILES string of the molecule is N#Cc1ccc(Sc2ccc(-n3c4c(c5ccccc53)-c3c(c5ccccc5n3-c3ccccc3)C3=CC4c4ccccc4N3c3ccccc3)cc2)cc1. The van der Waals surface area contributed by atoms with E-state index in [4.69, 9.17) is 0 Å². The minimum absolute atomic E-state index is 0.0309. The van der Waals surface area contributed by atoms with Gasteiger partial charge in [0, 0.05) is 60.4 Å². The molecule has 0 radical (unpaired) electrons. The Labute approximate surface area is 323 Å². The molecule has 0 N–H and O–H groups in total. The number of anilines is 2. The zero-order chi connectivity index (χ0) is 36.5. The molecule has 0 aliphatic carbocycles. The summed E-state index contributed by atoms with van der Waals surface area (Å²) >= 11 is 1.71. The van der Waals surface area contributed by atoms with Crippen molar-refractivity contribution >= 4 is 50.6 Å². The second kappa shape index (κ2) is 12.6. The third-order valence-electron chi connectivity index (χ3n) is 11.0. The van der Waals surface area contributed by atoms with E-state index >= 15 is 0 Å². The summed E-state index contributed by atoms with van der Waals surface area (Å²) in [5, 5.41) is 11.7. The van der Waals surface area contributed by atoms with Crippen LogP contribution in [0.3, 0.4) is 0 Å². The number of hydrogen-bond acceptors (Lipinski definition) is 3. The van der Waals surface area contributed by atoms with Crippen LogP contribution >= 0.6 is 11.8 Å². The predicted molar refractivity (Wildman–Crippen MR) is 226 cm³/mol. The second-order valence-electron chi connectivity index (χ2n) is 14.0. The van der Waals surface area contributed by atoms with Gasteiger partial charge < -0.3 is 14.0 Å². The van der Waals surface area contributed by atoms with Crippen molar-refractivity contribution in [1.82, 2.24) is 9.13 Å². The van der Waals surface area contributed by atoms with Gasteiger partial charge in [-0.15, -0.1) is 0 Å². The van der Waals surface area contributed by atoms with Gasteiger partial charge in [-0.05, 0) is 103 Å². The summed E-state index contributed by atoms with van der Waals surface area (Å²) in [6.07, 6.45) is 2.52. The first-order chi connectivity index (χ1) is 27.3. The normalized spacial score (nSPS) is 14.1. The van der Waals surface area contributed by atoms with Crippen LogP contribution < -0.4 is 4.90 Å². The van der Waals surface area contributed by atoms with Crippen LogP contribution in [-0.2, 0) is 0 Å². The monoisotopic (exact) mass is 720 g/mol. The van der Waals surface area contributed by atoms with Gasteiger partial charge in [-0.2, -0.15) is 5.26 Å². The second-order valence-corrected chi connectivity index (χ2v) is 15.2. The average molecular weight is 721 g/mol. The first kappa shape index (κ1) is 31.5. The zero-order valence-electron chi connectivity index (χ0n) is 29.7. The van der Waals surface area contributed by atoms with E-state index < -0.39 is 0 Å². The Kier molecular flexibility index (Phi) is 7.20. The average Bonchev–Trinajstić information content (AvgIpc) is 3.73. The van der Waals surface area contributed by atoms with Crippen molar-refractivity contribution in [2.45, 2.75) is 15.7 Å². The maximum atomic E-state index is 9.29. The van der Waals surface area contributed by atoms with E-state index in [9.17, 15) is 5.26 Å². The van der Waals surface area contributed by atoms with E-state index in [0.717, 1.165) is 26.9 Å². The highest BCUT2D eigenvalue weighted by molar-refractivity contribution is 7.99. The van der Waals surface area contributed by atoms with Crippen molar-refractivity contribution in [2.24, 2.45) is 0 Å². The van der Waals surface area contributed by atoms with Gasteiger partial charge in [0.25, 0.3) is 0 Å². The Morgan fingerprint density at radius 1 is 0.491 bits per heavy atom. The summed E-state index contributed by atoms with van der Waals surface area (Å²) in [6, 6.07) is 67.3. The summed E-state index contributed by atoms with van der Waals surface area (Å²) in [5.41, 5.74) is 15.0. The van der Waals surface area contributed by atoms with Crippen molar-refractivity contribution in [2.75, 3.05) is 4.90 Å². The lowest BCUT2D eigenvalue weighted by atomic mass is 9.87. The lowest BCUT2D eigenvalue weighted by molar-refractivity contribution is 0.894. The number of aromatic nitrogens is 2. The molecule has 2 aliphatic heterocycles. The van der Waals surface area contributed by atoms with E-state index in [1.54, 1.807) is 11.8 Å². The van der Waals surface area contributed by atoms with Crippen LogP contribution in [0.1, 0.15) is 28.3 Å². The number of nitrogens with zero attached hydrogens (tertiary/aromatic N) is 4. The molecule has 55 heavy (non-hydrogen) atoms. The van der Waals surface area contributed by atoms with E-state index in [0.29, 0.717) is 5.56 Å². The Hall–Kier alpha value is -7.00. The molecule has 4 nitrogen and oxygen atoms in total. The van der Waals surface area contributed by atoms with Crippen LogP contribution in [0.15, 0.2) is 198 Å². The van der Waals surface area contributed by atoms with Crippen molar-refractivity contribution in [1.29, 1.82) is 5.26 Å². The van der Waals surface area contributed by atoms with Crippen molar-refractivity contribution < 1.29 is 0 Å². The number of nitriles is 1. The topological polar surface area (TPSA) is 36.9 Å². The molecule has 4 heterocycles. The summed E-state index contributed by atoms with van der Waals surface area (Å²) < 4.78 is 5.00. The van der Waals surface area contributed by atoms with Crippen LogP contribution in [0.25, 0.3) is 50.1 Å². The van der Waals surface area contributed by atoms with Crippen molar-refractivity contribution in [3.8, 4) is 28.7 Å². The number of fused-ring (bicyclic) bond motifs is 10. The summed E-state index contributed by atoms with van der Waals surface area (Å²) in [7, 11) is 0. The van der Waals surface area contributed by atoms with Crippen LogP contribution in [-0.4, -0.2) is 9.13 Å². The maximum Gasteiger partial charge on any atom is 0.0991 e. The standard InChI is InChI=1S/C50H32N4S/c51-32-33-23-27-37(28-24-33)55-38-29-25-36(26-30-38)53-45-22-12-9-19-41(45)48-49(53)42-31-46(52(34-13-3-1-4-14-34)43-20-10-7-17-39(42)43)47-40-18-8-11-21-44(40)54(50(47)48)35-15-5-2-6-16-35/h1-31,42H. The molecule has 2 bridgehead atoms. The maximum absolute atomic E-state index is 9.29. The number of hydrogen-bond donors (Lipinski definition) is 0. The largest absolute Gasteiger partial charge is 0.312 e. The zero-order valence-corrected chi connectivity index (χ0v) is 30.5. The van der Waals surface area contributed by atoms with Gasteiger partial charge in [0.15, 0.2) is 0 Å². The fraction of sp³-hybridized carbons (Fsp3) is 0.0200. The molecule has 2 aliphatic rings. The van der Waals surface area contributed by atoms with Gasteiger partial charge in [0.1, 0.15) is 0 Å². The fourth-order valence-electron chi connectivity index (χ4n) is 8.74. The van der Waals surface area contributed by atoms with Crippen LogP contribution in [0, 0.1) is 11.3 Å². The summed E-state index contributed by atoms with van der Waals surface area (Å²) in [6.45, 7) is 0.